The molecule has 0 bridgehead atoms. The fourth-order valence-electron chi connectivity index (χ4n) is 3.93. The maximum atomic E-state index is 12.0. The van der Waals surface area contributed by atoms with Crippen molar-refractivity contribution in [3.63, 3.8) is 0 Å². The van der Waals surface area contributed by atoms with Crippen molar-refractivity contribution in [3.05, 3.63) is 0 Å². The molecule has 0 rings (SSSR count). The van der Waals surface area contributed by atoms with Gasteiger partial charge in [-0.3, -0.25) is 4.79 Å². The molecule has 0 aromatic rings. The van der Waals surface area contributed by atoms with E-state index in [1.807, 2.05) is 6.92 Å². The van der Waals surface area contributed by atoms with E-state index in [1.165, 1.54) is 25.7 Å². The summed E-state index contributed by atoms with van der Waals surface area (Å²) >= 11 is 0. The minimum atomic E-state index is -0.116. The van der Waals surface area contributed by atoms with Gasteiger partial charge >= 0.3 is 5.97 Å². The van der Waals surface area contributed by atoms with Crippen molar-refractivity contribution in [2.45, 2.75) is 78.6 Å². The molecular formula is C33H66O11. The van der Waals surface area contributed by atoms with Gasteiger partial charge in [0.25, 0.3) is 0 Å². The molecule has 0 N–H and O–H groups in total. The minimum absolute atomic E-state index is 0.00122. The van der Waals surface area contributed by atoms with Crippen LogP contribution in [0.5, 0.6) is 0 Å². The lowest BCUT2D eigenvalue weighted by atomic mass is 10.00. The molecule has 0 saturated carbocycles. The highest BCUT2D eigenvalue weighted by Crippen LogP contribution is 2.14. The van der Waals surface area contributed by atoms with Crippen LogP contribution in [0.15, 0.2) is 0 Å². The Morgan fingerprint density at radius 1 is 0.386 bits per heavy atom. The maximum absolute atomic E-state index is 12.0. The maximum Gasteiger partial charge on any atom is 0.308 e. The topological polar surface area (TPSA) is 109 Å². The van der Waals surface area contributed by atoms with Crippen LogP contribution in [0.25, 0.3) is 0 Å². The predicted octanol–water partition coefficient (Wildman–Crippen LogP) is 4.87. The van der Waals surface area contributed by atoms with Gasteiger partial charge < -0.3 is 47.4 Å². The molecule has 11 heteroatoms. The van der Waals surface area contributed by atoms with Crippen LogP contribution < -0.4 is 0 Å². The fraction of sp³-hybridized carbons (Fsp3) is 0.970. The van der Waals surface area contributed by atoms with Crippen molar-refractivity contribution in [3.8, 4) is 0 Å². The van der Waals surface area contributed by atoms with E-state index in [2.05, 4.69) is 13.8 Å². The van der Waals surface area contributed by atoms with Gasteiger partial charge in [-0.2, -0.15) is 0 Å². The summed E-state index contributed by atoms with van der Waals surface area (Å²) in [6, 6.07) is 0. The zero-order valence-electron chi connectivity index (χ0n) is 28.4. The van der Waals surface area contributed by atoms with Crippen molar-refractivity contribution in [2.24, 2.45) is 5.92 Å². The summed E-state index contributed by atoms with van der Waals surface area (Å²) in [7, 11) is 0. The lowest BCUT2D eigenvalue weighted by Gasteiger charge is -2.13. The molecule has 264 valence electrons. The van der Waals surface area contributed by atoms with Gasteiger partial charge in [-0.25, -0.2) is 0 Å². The number of ether oxygens (including phenoxy) is 10. The van der Waals surface area contributed by atoms with Gasteiger partial charge in [-0.05, 0) is 19.3 Å². The summed E-state index contributed by atoms with van der Waals surface area (Å²) in [6.07, 6.45) is 10.1. The normalized spacial score (nSPS) is 12.2. The molecule has 0 heterocycles. The summed E-state index contributed by atoms with van der Waals surface area (Å²) in [5.74, 6) is -0.115. The molecule has 0 fully saturated rings. The van der Waals surface area contributed by atoms with Gasteiger partial charge in [0.2, 0.25) is 0 Å². The summed E-state index contributed by atoms with van der Waals surface area (Å²) in [4.78, 5) is 12.0. The van der Waals surface area contributed by atoms with E-state index in [9.17, 15) is 4.79 Å². The quantitative estimate of drug-likeness (QED) is 0.0683. The van der Waals surface area contributed by atoms with Crippen LogP contribution in [0.3, 0.4) is 0 Å². The van der Waals surface area contributed by atoms with Gasteiger partial charge in [0, 0.05) is 6.61 Å². The van der Waals surface area contributed by atoms with Gasteiger partial charge in [0.15, 0.2) is 0 Å². The number of esters is 1. The first kappa shape index (κ1) is 43.1. The summed E-state index contributed by atoms with van der Waals surface area (Å²) in [6.45, 7) is 16.3. The Morgan fingerprint density at radius 2 is 0.705 bits per heavy atom. The molecule has 0 aromatic carbocycles. The second-order valence-corrected chi connectivity index (χ2v) is 10.3. The van der Waals surface area contributed by atoms with Crippen LogP contribution in [0.2, 0.25) is 0 Å². The molecule has 0 amide bonds. The van der Waals surface area contributed by atoms with E-state index in [1.54, 1.807) is 0 Å². The van der Waals surface area contributed by atoms with E-state index in [0.717, 1.165) is 38.7 Å². The highest BCUT2D eigenvalue weighted by molar-refractivity contribution is 5.72. The van der Waals surface area contributed by atoms with E-state index in [-0.39, 0.29) is 18.5 Å². The molecule has 0 aliphatic heterocycles. The van der Waals surface area contributed by atoms with E-state index >= 15 is 0 Å². The molecule has 0 radical (unpaired) electrons. The molecule has 1 atom stereocenters. The highest BCUT2D eigenvalue weighted by atomic mass is 16.6. The molecule has 1 unspecified atom stereocenters. The van der Waals surface area contributed by atoms with Crippen molar-refractivity contribution in [1.82, 2.24) is 0 Å². The van der Waals surface area contributed by atoms with E-state index < -0.39 is 0 Å². The van der Waals surface area contributed by atoms with Crippen LogP contribution >= 0.6 is 0 Å². The molecule has 0 aliphatic carbocycles. The van der Waals surface area contributed by atoms with Crippen molar-refractivity contribution in [2.75, 3.05) is 126 Å². The summed E-state index contributed by atoms with van der Waals surface area (Å²) in [5.41, 5.74) is 0. The first-order chi connectivity index (χ1) is 21.8. The first-order valence-electron chi connectivity index (χ1n) is 17.1. The smallest absolute Gasteiger partial charge is 0.308 e. The van der Waals surface area contributed by atoms with Crippen molar-refractivity contribution in [1.29, 1.82) is 0 Å². The number of hydrogen-bond acceptors (Lipinski definition) is 11. The Labute approximate surface area is 268 Å². The lowest BCUT2D eigenvalue weighted by molar-refractivity contribution is -0.150. The Bertz CT molecular complexity index is 554. The Kier molecular flexibility index (Phi) is 37.5. The molecule has 0 saturated heterocycles. The average molecular weight is 639 g/mol. The monoisotopic (exact) mass is 638 g/mol. The number of unbranched alkanes of at least 4 members (excludes halogenated alkanes) is 5. The Hall–Kier alpha value is -0.890. The zero-order chi connectivity index (χ0) is 32.0. The summed E-state index contributed by atoms with van der Waals surface area (Å²) < 4.78 is 54.7. The van der Waals surface area contributed by atoms with Gasteiger partial charge in [-0.1, -0.05) is 59.3 Å². The molecule has 11 nitrogen and oxygen atoms in total. The largest absolute Gasteiger partial charge is 0.463 e. The first-order valence-corrected chi connectivity index (χ1v) is 17.1. The van der Waals surface area contributed by atoms with Gasteiger partial charge in [-0.15, -0.1) is 0 Å². The number of hydrogen-bond donors (Lipinski definition) is 0. The fourth-order valence-corrected chi connectivity index (χ4v) is 3.93. The van der Waals surface area contributed by atoms with Gasteiger partial charge in [0.1, 0.15) is 6.61 Å². The minimum Gasteiger partial charge on any atom is -0.463 e. The molecular weight excluding hydrogens is 572 g/mol. The van der Waals surface area contributed by atoms with E-state index in [0.29, 0.717) is 112 Å². The number of carbonyl (C=O) groups excluding carboxylic acids is 1. The van der Waals surface area contributed by atoms with Crippen LogP contribution in [0, 0.1) is 5.92 Å². The van der Waals surface area contributed by atoms with Crippen LogP contribution in [-0.2, 0) is 52.2 Å². The second kappa shape index (κ2) is 38.3. The van der Waals surface area contributed by atoms with Crippen LogP contribution in [-0.4, -0.2) is 132 Å². The SMILES string of the molecule is CCCCCCCOCCOCCOCCOCCOCCOCCOCCOCCOCCOC(=O)C(CC)CCCC. The number of carbonyl (C=O) groups is 1. The third-order valence-electron chi connectivity index (χ3n) is 6.57. The molecule has 0 aliphatic rings. The van der Waals surface area contributed by atoms with E-state index in [4.69, 9.17) is 47.4 Å². The number of rotatable bonds is 38. The van der Waals surface area contributed by atoms with Crippen LogP contribution in [0.1, 0.15) is 78.6 Å². The molecule has 44 heavy (non-hydrogen) atoms. The standard InChI is InChI=1S/C33H66O11/c1-4-7-9-10-11-13-35-14-15-36-16-17-37-18-19-38-20-21-39-22-23-40-24-25-41-26-27-42-28-29-43-30-31-44-33(34)32(6-3)12-8-5-2/h32H,4-31H2,1-3H3. The summed E-state index contributed by atoms with van der Waals surface area (Å²) in [5, 5.41) is 0. The Balaban J connectivity index is 3.14. The average Bonchev–Trinajstić information content (AvgIpc) is 3.03. The molecule has 0 spiro atoms. The van der Waals surface area contributed by atoms with Crippen LogP contribution in [0.4, 0.5) is 0 Å². The zero-order valence-corrected chi connectivity index (χ0v) is 28.4. The molecule has 0 aromatic heterocycles. The third kappa shape index (κ3) is 34.0. The second-order valence-electron chi connectivity index (χ2n) is 10.3. The van der Waals surface area contributed by atoms with Crippen molar-refractivity contribution >= 4 is 5.97 Å². The highest BCUT2D eigenvalue weighted by Gasteiger charge is 2.16. The Morgan fingerprint density at radius 3 is 1.05 bits per heavy atom. The third-order valence-corrected chi connectivity index (χ3v) is 6.57. The van der Waals surface area contributed by atoms with Gasteiger partial charge in [0.05, 0.1) is 118 Å². The predicted molar refractivity (Wildman–Crippen MR) is 170 cm³/mol. The van der Waals surface area contributed by atoms with Crippen molar-refractivity contribution < 1.29 is 52.2 Å². The lowest BCUT2D eigenvalue weighted by Crippen LogP contribution is -2.20.